The quantitative estimate of drug-likeness (QED) is 0.779. The molecule has 1 atom stereocenters. The van der Waals surface area contributed by atoms with E-state index < -0.39 is 0 Å². The van der Waals surface area contributed by atoms with Crippen LogP contribution in [0, 0.1) is 0 Å². The number of carbonyl (C=O) groups excluding carboxylic acids is 2. The second-order valence-electron chi connectivity index (χ2n) is 5.89. The second-order valence-corrected chi connectivity index (χ2v) is 8.08. The molecule has 2 saturated heterocycles. The fraction of sp³-hybridized carbons (Fsp3) is 0.625. The minimum Gasteiger partial charge on any atom is -0.447 e. The van der Waals surface area contributed by atoms with E-state index in [9.17, 15) is 9.59 Å². The molecule has 7 heteroatoms. The average Bonchev–Trinajstić information content (AvgIpc) is 3.20. The number of thioether (sulfide) groups is 1. The molecule has 2 aliphatic heterocycles. The van der Waals surface area contributed by atoms with Gasteiger partial charge in [0.25, 0.3) is 5.91 Å². The highest BCUT2D eigenvalue weighted by molar-refractivity contribution is 8.00. The summed E-state index contributed by atoms with van der Waals surface area (Å²) in [5.74, 6) is 0.116. The molecule has 23 heavy (non-hydrogen) atoms. The zero-order valence-electron chi connectivity index (χ0n) is 13.5. The van der Waals surface area contributed by atoms with E-state index in [-0.39, 0.29) is 24.1 Å². The summed E-state index contributed by atoms with van der Waals surface area (Å²) in [6, 6.07) is 4.30. The average molecular weight is 354 g/mol. The Morgan fingerprint density at radius 3 is 2.74 bits per heavy atom. The molecular formula is C16H22N2O3S2. The lowest BCUT2D eigenvalue weighted by molar-refractivity contribution is 0.0640. The van der Waals surface area contributed by atoms with E-state index in [1.807, 2.05) is 28.2 Å². The molecule has 0 aliphatic carbocycles. The molecule has 0 saturated carbocycles. The number of thiophene rings is 1. The summed E-state index contributed by atoms with van der Waals surface area (Å²) in [5.41, 5.74) is 0. The van der Waals surface area contributed by atoms with Crippen LogP contribution in [0.3, 0.4) is 0 Å². The van der Waals surface area contributed by atoms with Gasteiger partial charge in [-0.15, -0.1) is 23.1 Å². The van der Waals surface area contributed by atoms with Gasteiger partial charge in [-0.3, -0.25) is 9.69 Å². The van der Waals surface area contributed by atoms with Gasteiger partial charge in [-0.25, -0.2) is 4.79 Å². The first kappa shape index (κ1) is 16.6. The number of ether oxygens (including phenoxy) is 1. The number of likely N-dealkylation sites (tertiary alicyclic amines) is 1. The Morgan fingerprint density at radius 2 is 2.13 bits per heavy atom. The van der Waals surface area contributed by atoms with Crippen molar-refractivity contribution in [3.63, 3.8) is 0 Å². The highest BCUT2D eigenvalue weighted by Crippen LogP contribution is 2.29. The van der Waals surface area contributed by atoms with Crippen LogP contribution in [0.25, 0.3) is 0 Å². The van der Waals surface area contributed by atoms with Crippen LogP contribution in [0.1, 0.15) is 35.9 Å². The molecule has 0 radical (unpaired) electrons. The van der Waals surface area contributed by atoms with E-state index in [0.29, 0.717) is 19.7 Å². The SMILES string of the molecule is CCC1COC(=O)N1C1CCN(C(=O)c2ccc(SC)s2)CC1. The number of rotatable bonds is 4. The number of amides is 2. The molecule has 2 fully saturated rings. The first-order chi connectivity index (χ1) is 11.1. The van der Waals surface area contributed by atoms with Crippen LogP contribution in [0.5, 0.6) is 0 Å². The molecule has 3 heterocycles. The van der Waals surface area contributed by atoms with Crippen molar-refractivity contribution in [3.8, 4) is 0 Å². The molecule has 0 N–H and O–H groups in total. The van der Waals surface area contributed by atoms with Crippen LogP contribution < -0.4 is 0 Å². The summed E-state index contributed by atoms with van der Waals surface area (Å²) in [7, 11) is 0. The second kappa shape index (κ2) is 7.13. The monoisotopic (exact) mass is 354 g/mol. The van der Waals surface area contributed by atoms with Crippen LogP contribution in [0.15, 0.2) is 16.3 Å². The van der Waals surface area contributed by atoms with Crippen molar-refractivity contribution in [2.75, 3.05) is 26.0 Å². The molecule has 0 bridgehead atoms. The normalized spacial score (nSPS) is 22.5. The Hall–Kier alpha value is -1.21. The van der Waals surface area contributed by atoms with E-state index in [4.69, 9.17) is 4.74 Å². The molecule has 2 amide bonds. The highest BCUT2D eigenvalue weighted by Gasteiger charge is 2.39. The number of piperidine rings is 1. The van der Waals surface area contributed by atoms with Gasteiger partial charge in [0, 0.05) is 19.1 Å². The van der Waals surface area contributed by atoms with E-state index in [1.165, 1.54) is 0 Å². The van der Waals surface area contributed by atoms with Crippen LogP contribution in [0.4, 0.5) is 4.79 Å². The summed E-state index contributed by atoms with van der Waals surface area (Å²) in [4.78, 5) is 29.1. The lowest BCUT2D eigenvalue weighted by Crippen LogP contribution is -2.49. The molecule has 126 valence electrons. The number of nitrogens with zero attached hydrogens (tertiary/aromatic N) is 2. The fourth-order valence-corrected chi connectivity index (χ4v) is 4.79. The van der Waals surface area contributed by atoms with Crippen LogP contribution in [0.2, 0.25) is 0 Å². The maximum Gasteiger partial charge on any atom is 0.410 e. The van der Waals surface area contributed by atoms with Gasteiger partial charge >= 0.3 is 6.09 Å². The maximum absolute atomic E-state index is 12.6. The van der Waals surface area contributed by atoms with Gasteiger partial charge in [-0.05, 0) is 37.7 Å². The van der Waals surface area contributed by atoms with E-state index in [1.54, 1.807) is 23.1 Å². The van der Waals surface area contributed by atoms with Gasteiger partial charge in [0.1, 0.15) is 6.61 Å². The Labute approximate surface area is 145 Å². The third kappa shape index (κ3) is 3.35. The van der Waals surface area contributed by atoms with Crippen molar-refractivity contribution in [2.24, 2.45) is 0 Å². The van der Waals surface area contributed by atoms with E-state index >= 15 is 0 Å². The lowest BCUT2D eigenvalue weighted by Gasteiger charge is -2.37. The van der Waals surface area contributed by atoms with Crippen molar-refractivity contribution in [2.45, 2.75) is 42.5 Å². The standard InChI is InChI=1S/C16H22N2O3S2/c1-3-11-10-21-16(20)18(11)12-6-8-17(9-7-12)15(19)13-4-5-14(22-2)23-13/h4-5,11-12H,3,6-10H2,1-2H3. The maximum atomic E-state index is 12.6. The van der Waals surface area contributed by atoms with Gasteiger partial charge < -0.3 is 9.64 Å². The molecule has 0 spiro atoms. The molecule has 1 aromatic heterocycles. The van der Waals surface area contributed by atoms with Crippen LogP contribution in [-0.4, -0.2) is 59.8 Å². The number of carbonyl (C=O) groups is 2. The molecule has 1 aromatic rings. The first-order valence-corrected chi connectivity index (χ1v) is 10.1. The Balaban J connectivity index is 1.59. The smallest absolute Gasteiger partial charge is 0.410 e. The fourth-order valence-electron chi connectivity index (χ4n) is 3.28. The largest absolute Gasteiger partial charge is 0.447 e. The van der Waals surface area contributed by atoms with E-state index in [2.05, 4.69) is 6.92 Å². The van der Waals surface area contributed by atoms with Crippen molar-refractivity contribution in [3.05, 3.63) is 17.0 Å². The zero-order valence-corrected chi connectivity index (χ0v) is 15.1. The van der Waals surface area contributed by atoms with E-state index in [0.717, 1.165) is 28.3 Å². The van der Waals surface area contributed by atoms with Gasteiger partial charge in [0.05, 0.1) is 15.1 Å². The summed E-state index contributed by atoms with van der Waals surface area (Å²) in [6.07, 6.45) is 4.41. The third-order valence-corrected chi connectivity index (χ3v) is 6.77. The summed E-state index contributed by atoms with van der Waals surface area (Å²) in [5, 5.41) is 0. The Kier molecular flexibility index (Phi) is 5.16. The van der Waals surface area contributed by atoms with Gasteiger partial charge in [0.2, 0.25) is 0 Å². The molecule has 1 unspecified atom stereocenters. The molecule has 0 aromatic carbocycles. The van der Waals surface area contributed by atoms with Gasteiger partial charge in [-0.1, -0.05) is 6.92 Å². The Morgan fingerprint density at radius 1 is 1.39 bits per heavy atom. The van der Waals surface area contributed by atoms with Gasteiger partial charge in [-0.2, -0.15) is 0 Å². The highest BCUT2D eigenvalue weighted by atomic mass is 32.2. The predicted molar refractivity (Wildman–Crippen MR) is 92.3 cm³/mol. The van der Waals surface area contributed by atoms with Crippen LogP contribution in [-0.2, 0) is 4.74 Å². The Bertz CT molecular complexity index is 582. The summed E-state index contributed by atoms with van der Waals surface area (Å²) in [6.45, 7) is 3.99. The van der Waals surface area contributed by atoms with Crippen molar-refractivity contribution < 1.29 is 14.3 Å². The number of hydrogen-bond donors (Lipinski definition) is 0. The summed E-state index contributed by atoms with van der Waals surface area (Å²) < 4.78 is 6.35. The number of hydrogen-bond acceptors (Lipinski definition) is 5. The van der Waals surface area contributed by atoms with Crippen molar-refractivity contribution in [1.29, 1.82) is 0 Å². The first-order valence-electron chi connectivity index (χ1n) is 8.02. The zero-order chi connectivity index (χ0) is 16.4. The predicted octanol–water partition coefficient (Wildman–Crippen LogP) is 3.31. The van der Waals surface area contributed by atoms with Crippen molar-refractivity contribution >= 4 is 35.1 Å². The third-order valence-electron chi connectivity index (χ3n) is 4.61. The topological polar surface area (TPSA) is 49.9 Å². The summed E-state index contributed by atoms with van der Waals surface area (Å²) >= 11 is 3.22. The minimum atomic E-state index is -0.190. The molecular weight excluding hydrogens is 332 g/mol. The van der Waals surface area contributed by atoms with Gasteiger partial charge in [0.15, 0.2) is 0 Å². The van der Waals surface area contributed by atoms with Crippen LogP contribution >= 0.6 is 23.1 Å². The van der Waals surface area contributed by atoms with Crippen molar-refractivity contribution in [1.82, 2.24) is 9.80 Å². The lowest BCUT2D eigenvalue weighted by atomic mass is 10.0. The molecule has 3 rings (SSSR count). The molecule has 5 nitrogen and oxygen atoms in total. The molecule has 2 aliphatic rings. The minimum absolute atomic E-state index is 0.116. The number of cyclic esters (lactones) is 1.